The summed E-state index contributed by atoms with van der Waals surface area (Å²) in [6.07, 6.45) is 1.08. The molecule has 0 saturated heterocycles. The van der Waals surface area contributed by atoms with Crippen LogP contribution in [-0.2, 0) is 0 Å². The van der Waals surface area contributed by atoms with Gasteiger partial charge in [0.15, 0.2) is 5.65 Å². The normalized spacial score (nSPS) is 11.4. The lowest BCUT2D eigenvalue weighted by atomic mass is 10.1. The van der Waals surface area contributed by atoms with Gasteiger partial charge < -0.3 is 10.2 Å². The second-order valence-corrected chi connectivity index (χ2v) is 6.44. The number of benzene rings is 1. The minimum absolute atomic E-state index is 0.913. The molecule has 0 aliphatic carbocycles. The molecule has 2 aromatic heterocycles. The highest BCUT2D eigenvalue weighted by Gasteiger charge is 2.14. The first kappa shape index (κ1) is 16.5. The van der Waals surface area contributed by atoms with Crippen LogP contribution in [0.4, 0.5) is 5.82 Å². The fraction of sp³-hybridized carbons (Fsp3) is 0.368. The van der Waals surface area contributed by atoms with Crippen molar-refractivity contribution in [3.63, 3.8) is 0 Å². The van der Waals surface area contributed by atoms with Gasteiger partial charge in [-0.2, -0.15) is 9.61 Å². The molecule has 0 bridgehead atoms. The SMILES string of the molecule is Cc1cc(NCCCN(C)C)n2nc(-c3ccccc3)c(C)c2n1. The molecule has 3 rings (SSSR count). The number of rotatable bonds is 6. The quantitative estimate of drug-likeness (QED) is 0.707. The third-order valence-corrected chi connectivity index (χ3v) is 4.08. The van der Waals surface area contributed by atoms with Crippen molar-refractivity contribution in [1.29, 1.82) is 0 Å². The molecule has 0 atom stereocenters. The summed E-state index contributed by atoms with van der Waals surface area (Å²) in [6.45, 7) is 6.09. The molecular formula is C19H25N5. The van der Waals surface area contributed by atoms with E-state index in [0.717, 1.165) is 53.5 Å². The van der Waals surface area contributed by atoms with Gasteiger partial charge in [0.05, 0.1) is 5.69 Å². The molecule has 0 aliphatic heterocycles. The second-order valence-electron chi connectivity index (χ2n) is 6.44. The summed E-state index contributed by atoms with van der Waals surface area (Å²) in [5.74, 6) is 1.00. The Morgan fingerprint density at radius 2 is 1.88 bits per heavy atom. The fourth-order valence-corrected chi connectivity index (χ4v) is 2.85. The van der Waals surface area contributed by atoms with Gasteiger partial charge in [0.25, 0.3) is 0 Å². The van der Waals surface area contributed by atoms with Crippen LogP contribution in [0.2, 0.25) is 0 Å². The molecule has 24 heavy (non-hydrogen) atoms. The Hall–Kier alpha value is -2.40. The molecule has 1 N–H and O–H groups in total. The van der Waals surface area contributed by atoms with Crippen molar-refractivity contribution in [3.8, 4) is 11.3 Å². The minimum Gasteiger partial charge on any atom is -0.370 e. The predicted molar refractivity (Wildman–Crippen MR) is 99.6 cm³/mol. The van der Waals surface area contributed by atoms with Gasteiger partial charge >= 0.3 is 0 Å². The Bertz CT molecular complexity index is 821. The summed E-state index contributed by atoms with van der Waals surface area (Å²) in [6, 6.07) is 12.3. The monoisotopic (exact) mass is 323 g/mol. The predicted octanol–water partition coefficient (Wildman–Crippen LogP) is 3.38. The van der Waals surface area contributed by atoms with E-state index in [4.69, 9.17) is 10.1 Å². The maximum Gasteiger partial charge on any atom is 0.161 e. The lowest BCUT2D eigenvalue weighted by Gasteiger charge is -2.12. The topological polar surface area (TPSA) is 45.5 Å². The third kappa shape index (κ3) is 3.41. The Labute approximate surface area is 143 Å². The minimum atomic E-state index is 0.913. The zero-order valence-electron chi connectivity index (χ0n) is 14.9. The maximum atomic E-state index is 4.82. The molecule has 3 aromatic rings. The summed E-state index contributed by atoms with van der Waals surface area (Å²) in [7, 11) is 4.19. The fourth-order valence-electron chi connectivity index (χ4n) is 2.85. The van der Waals surface area contributed by atoms with E-state index >= 15 is 0 Å². The van der Waals surface area contributed by atoms with Crippen LogP contribution < -0.4 is 5.32 Å². The number of nitrogens with one attached hydrogen (secondary N) is 1. The van der Waals surface area contributed by atoms with Crippen molar-refractivity contribution < 1.29 is 0 Å². The number of hydrogen-bond acceptors (Lipinski definition) is 4. The number of nitrogens with zero attached hydrogens (tertiary/aromatic N) is 4. The molecule has 126 valence electrons. The van der Waals surface area contributed by atoms with E-state index in [0.29, 0.717) is 0 Å². The van der Waals surface area contributed by atoms with Crippen LogP contribution in [0.3, 0.4) is 0 Å². The molecule has 0 amide bonds. The Morgan fingerprint density at radius 1 is 1.12 bits per heavy atom. The Balaban J connectivity index is 1.95. The maximum absolute atomic E-state index is 4.82. The molecule has 0 radical (unpaired) electrons. The number of anilines is 1. The van der Waals surface area contributed by atoms with E-state index in [1.807, 2.05) is 29.6 Å². The lowest BCUT2D eigenvalue weighted by molar-refractivity contribution is 0.405. The molecule has 2 heterocycles. The summed E-state index contributed by atoms with van der Waals surface area (Å²) in [4.78, 5) is 6.89. The molecule has 5 heteroatoms. The van der Waals surface area contributed by atoms with Crippen LogP contribution in [0.1, 0.15) is 17.7 Å². The first-order valence-corrected chi connectivity index (χ1v) is 8.37. The number of aryl methyl sites for hydroxylation is 2. The van der Waals surface area contributed by atoms with Gasteiger partial charge in [0, 0.05) is 29.4 Å². The zero-order chi connectivity index (χ0) is 17.1. The Morgan fingerprint density at radius 3 is 2.58 bits per heavy atom. The van der Waals surface area contributed by atoms with E-state index < -0.39 is 0 Å². The van der Waals surface area contributed by atoms with Crippen LogP contribution >= 0.6 is 0 Å². The first-order valence-electron chi connectivity index (χ1n) is 8.37. The molecule has 0 spiro atoms. The van der Waals surface area contributed by atoms with E-state index in [-0.39, 0.29) is 0 Å². The van der Waals surface area contributed by atoms with E-state index in [2.05, 4.69) is 49.4 Å². The molecule has 5 nitrogen and oxygen atoms in total. The van der Waals surface area contributed by atoms with E-state index in [9.17, 15) is 0 Å². The van der Waals surface area contributed by atoms with Gasteiger partial charge in [0.1, 0.15) is 5.82 Å². The summed E-state index contributed by atoms with van der Waals surface area (Å²) < 4.78 is 1.93. The number of aromatic nitrogens is 3. The molecule has 0 unspecified atom stereocenters. The standard InChI is InChI=1S/C19H25N5/c1-14-13-17(20-11-8-12-23(3)4)24-19(21-14)15(2)18(22-24)16-9-6-5-7-10-16/h5-7,9-10,13,20H,8,11-12H2,1-4H3. The van der Waals surface area contributed by atoms with E-state index in [1.54, 1.807) is 0 Å². The molecule has 1 aromatic carbocycles. The van der Waals surface area contributed by atoms with Crippen LogP contribution in [0.5, 0.6) is 0 Å². The Kier molecular flexibility index (Phi) is 4.81. The molecule has 0 saturated carbocycles. The highest BCUT2D eigenvalue weighted by molar-refractivity contribution is 5.71. The van der Waals surface area contributed by atoms with Crippen molar-refractivity contribution in [2.45, 2.75) is 20.3 Å². The van der Waals surface area contributed by atoms with Crippen molar-refractivity contribution >= 4 is 11.5 Å². The summed E-state index contributed by atoms with van der Waals surface area (Å²) in [5, 5.41) is 8.33. The second kappa shape index (κ2) is 7.01. The van der Waals surface area contributed by atoms with Gasteiger partial charge in [0.2, 0.25) is 0 Å². The first-order chi connectivity index (χ1) is 11.6. The molecule has 0 fully saturated rings. The third-order valence-electron chi connectivity index (χ3n) is 4.08. The van der Waals surface area contributed by atoms with Crippen LogP contribution in [-0.4, -0.2) is 46.7 Å². The largest absolute Gasteiger partial charge is 0.370 e. The smallest absolute Gasteiger partial charge is 0.161 e. The lowest BCUT2D eigenvalue weighted by Crippen LogP contribution is -2.17. The van der Waals surface area contributed by atoms with Crippen LogP contribution in [0, 0.1) is 13.8 Å². The van der Waals surface area contributed by atoms with Crippen LogP contribution in [0.25, 0.3) is 16.9 Å². The van der Waals surface area contributed by atoms with Gasteiger partial charge in [-0.05, 0) is 40.9 Å². The highest BCUT2D eigenvalue weighted by atomic mass is 15.3. The van der Waals surface area contributed by atoms with Gasteiger partial charge in [-0.15, -0.1) is 0 Å². The van der Waals surface area contributed by atoms with Crippen LogP contribution in [0.15, 0.2) is 36.4 Å². The van der Waals surface area contributed by atoms with Gasteiger partial charge in [-0.25, -0.2) is 4.98 Å². The van der Waals surface area contributed by atoms with Crippen molar-refractivity contribution in [3.05, 3.63) is 47.7 Å². The summed E-state index contributed by atoms with van der Waals surface area (Å²) >= 11 is 0. The van der Waals surface area contributed by atoms with Crippen molar-refractivity contribution in [2.24, 2.45) is 0 Å². The van der Waals surface area contributed by atoms with E-state index in [1.165, 1.54) is 0 Å². The number of hydrogen-bond donors (Lipinski definition) is 1. The number of fused-ring (bicyclic) bond motifs is 1. The van der Waals surface area contributed by atoms with Crippen molar-refractivity contribution in [2.75, 3.05) is 32.5 Å². The average molecular weight is 323 g/mol. The van der Waals surface area contributed by atoms with Gasteiger partial charge in [-0.1, -0.05) is 30.3 Å². The van der Waals surface area contributed by atoms with Crippen molar-refractivity contribution in [1.82, 2.24) is 19.5 Å². The van der Waals surface area contributed by atoms with Gasteiger partial charge in [-0.3, -0.25) is 0 Å². The average Bonchev–Trinajstić information content (AvgIpc) is 2.89. The summed E-state index contributed by atoms with van der Waals surface area (Å²) in [5.41, 5.74) is 5.15. The molecular weight excluding hydrogens is 298 g/mol. The molecule has 0 aliphatic rings. The zero-order valence-corrected chi connectivity index (χ0v) is 14.9. The highest BCUT2D eigenvalue weighted by Crippen LogP contribution is 2.26.